The molecule has 3 aliphatic rings. The zero-order valence-corrected chi connectivity index (χ0v) is 22.8. The molecular weight excluding hydrogens is 500 g/mol. The van der Waals surface area contributed by atoms with E-state index in [9.17, 15) is 14.7 Å². The Balaban J connectivity index is 0.00000186. The molecule has 1 aromatic carbocycles. The normalized spacial score (nSPS) is 32.4. The van der Waals surface area contributed by atoms with Crippen LogP contribution in [0.3, 0.4) is 0 Å². The van der Waals surface area contributed by atoms with E-state index < -0.39 is 23.5 Å². The SMILES string of the molecule is CO.COc1cc2cc(c1Cl)N(C)C(=O)CCC1(C)OC1CC1C[C@](O)(C/C=C/C=C(\C)C2)NC(=O)O1. The van der Waals surface area contributed by atoms with E-state index in [-0.39, 0.29) is 31.3 Å². The lowest BCUT2D eigenvalue weighted by Crippen LogP contribution is -2.56. The molecule has 1 aromatic rings. The van der Waals surface area contributed by atoms with Crippen molar-refractivity contribution in [1.82, 2.24) is 5.32 Å². The van der Waals surface area contributed by atoms with Gasteiger partial charge >= 0.3 is 6.09 Å². The van der Waals surface area contributed by atoms with Crippen LogP contribution >= 0.6 is 11.6 Å². The Morgan fingerprint density at radius 2 is 2.00 bits per heavy atom. The lowest BCUT2D eigenvalue weighted by atomic mass is 9.92. The van der Waals surface area contributed by atoms with Crippen LogP contribution in [0.25, 0.3) is 0 Å². The van der Waals surface area contributed by atoms with Crippen LogP contribution in [0.5, 0.6) is 5.75 Å². The number of amides is 2. The number of allylic oxidation sites excluding steroid dienone is 3. The maximum Gasteiger partial charge on any atom is 0.409 e. The third-order valence-corrected chi connectivity index (χ3v) is 7.39. The van der Waals surface area contributed by atoms with Crippen molar-refractivity contribution >= 4 is 29.3 Å². The smallest absolute Gasteiger partial charge is 0.409 e. The number of aliphatic hydroxyl groups excluding tert-OH is 1. The van der Waals surface area contributed by atoms with Crippen LogP contribution in [0, 0.1) is 0 Å². The number of nitrogens with zero attached hydrogens (tertiary/aromatic N) is 1. The molecular formula is C27H37ClN2O7. The summed E-state index contributed by atoms with van der Waals surface area (Å²) in [7, 11) is 4.27. The predicted molar refractivity (Wildman–Crippen MR) is 141 cm³/mol. The Bertz CT molecular complexity index is 1080. The molecule has 0 aliphatic carbocycles. The monoisotopic (exact) mass is 536 g/mol. The summed E-state index contributed by atoms with van der Waals surface area (Å²) < 4.78 is 16.8. The number of rotatable bonds is 1. The lowest BCUT2D eigenvalue weighted by molar-refractivity contribution is -0.118. The molecule has 3 aliphatic heterocycles. The van der Waals surface area contributed by atoms with Gasteiger partial charge in [-0.2, -0.15) is 0 Å². The number of carbonyl (C=O) groups is 2. The van der Waals surface area contributed by atoms with Gasteiger partial charge in [-0.25, -0.2) is 4.79 Å². The van der Waals surface area contributed by atoms with E-state index in [1.807, 2.05) is 44.2 Å². The largest absolute Gasteiger partial charge is 0.495 e. The van der Waals surface area contributed by atoms with E-state index in [1.54, 1.807) is 19.1 Å². The highest BCUT2D eigenvalue weighted by molar-refractivity contribution is 6.35. The number of alkyl carbamates (subject to hydrolysis) is 1. The van der Waals surface area contributed by atoms with Gasteiger partial charge in [0, 0.05) is 39.8 Å². The number of epoxide rings is 1. The van der Waals surface area contributed by atoms with E-state index in [0.717, 1.165) is 18.2 Å². The van der Waals surface area contributed by atoms with Crippen LogP contribution < -0.4 is 15.0 Å². The molecule has 3 unspecified atom stereocenters. The second-order valence-electron chi connectivity index (χ2n) is 9.95. The number of carbonyl (C=O) groups excluding carboxylic acids is 2. The molecule has 37 heavy (non-hydrogen) atoms. The maximum absolute atomic E-state index is 13.1. The van der Waals surface area contributed by atoms with E-state index >= 15 is 0 Å². The summed E-state index contributed by atoms with van der Waals surface area (Å²) in [5, 5.41) is 20.9. The number of hydrogen-bond acceptors (Lipinski definition) is 7. The minimum atomic E-state index is -1.39. The summed E-state index contributed by atoms with van der Waals surface area (Å²) in [6.45, 7) is 3.95. The summed E-state index contributed by atoms with van der Waals surface area (Å²) in [5.41, 5.74) is 0.744. The molecule has 4 rings (SSSR count). The molecule has 2 fully saturated rings. The average molecular weight is 537 g/mol. The fraction of sp³-hybridized carbons (Fsp3) is 0.556. The van der Waals surface area contributed by atoms with Crippen LogP contribution in [-0.2, 0) is 20.7 Å². The van der Waals surface area contributed by atoms with Gasteiger partial charge in [-0.3, -0.25) is 10.1 Å². The number of benzene rings is 1. The summed E-state index contributed by atoms with van der Waals surface area (Å²) in [6.07, 6.45) is 6.76. The van der Waals surface area contributed by atoms with Crippen LogP contribution in [0.4, 0.5) is 10.5 Å². The lowest BCUT2D eigenvalue weighted by Gasteiger charge is -2.36. The number of hydrogen-bond donors (Lipinski definition) is 3. The maximum atomic E-state index is 13.1. The molecule has 0 aromatic heterocycles. The van der Waals surface area contributed by atoms with Crippen molar-refractivity contribution in [2.24, 2.45) is 0 Å². The molecule has 2 saturated heterocycles. The van der Waals surface area contributed by atoms with Crippen molar-refractivity contribution in [2.45, 2.75) is 75.9 Å². The third-order valence-electron chi connectivity index (χ3n) is 7.01. The minimum absolute atomic E-state index is 0.0858. The van der Waals surface area contributed by atoms with Crippen molar-refractivity contribution in [2.75, 3.05) is 26.2 Å². The molecule has 0 radical (unpaired) electrons. The van der Waals surface area contributed by atoms with Crippen LogP contribution in [-0.4, -0.2) is 67.0 Å². The Hall–Kier alpha value is -2.59. The quantitative estimate of drug-likeness (QED) is 0.466. The van der Waals surface area contributed by atoms with Gasteiger partial charge in [-0.1, -0.05) is 35.4 Å². The van der Waals surface area contributed by atoms with Crippen molar-refractivity contribution in [3.63, 3.8) is 0 Å². The molecule has 204 valence electrons. The van der Waals surface area contributed by atoms with Crippen molar-refractivity contribution in [1.29, 1.82) is 0 Å². The van der Waals surface area contributed by atoms with E-state index in [1.165, 1.54) is 0 Å². The summed E-state index contributed by atoms with van der Waals surface area (Å²) in [4.78, 5) is 26.7. The second kappa shape index (κ2) is 11.9. The van der Waals surface area contributed by atoms with Crippen molar-refractivity contribution in [3.05, 3.63) is 46.5 Å². The fourth-order valence-corrected chi connectivity index (χ4v) is 5.13. The number of halogens is 1. The summed E-state index contributed by atoms with van der Waals surface area (Å²) >= 11 is 6.57. The van der Waals surface area contributed by atoms with Gasteiger partial charge in [0.1, 0.15) is 22.6 Å². The van der Waals surface area contributed by atoms with Gasteiger partial charge in [0.05, 0.1) is 24.5 Å². The highest BCUT2D eigenvalue weighted by Gasteiger charge is 2.54. The number of methoxy groups -OCH3 is 1. The molecule has 3 N–H and O–H groups in total. The highest BCUT2D eigenvalue weighted by Crippen LogP contribution is 2.45. The van der Waals surface area contributed by atoms with Gasteiger partial charge in [-0.05, 0) is 44.4 Å². The first kappa shape index (κ1) is 29.0. The van der Waals surface area contributed by atoms with Crippen LogP contribution in [0.2, 0.25) is 5.02 Å². The first-order valence-corrected chi connectivity index (χ1v) is 12.7. The molecule has 0 saturated carbocycles. The standard InChI is InChI=1S/C26H33ClN2O6.CH4O/c1-16-7-5-6-9-26(32)15-18(34-24(31)28-26)14-21-25(2,35-21)10-8-22(30)29(3)19-12-17(11-16)13-20(33-4)23(19)27;1-2/h5-7,12-13,18,21,32H,8-11,14-15H2,1-4H3,(H,28,31);2H,1H3/b6-5+,16-7+;/t18?,21?,25?,26-;/m1./s1. The Morgan fingerprint density at radius 1 is 1.27 bits per heavy atom. The number of anilines is 1. The molecule has 10 heteroatoms. The molecule has 9 nitrogen and oxygen atoms in total. The molecule has 3 heterocycles. The highest BCUT2D eigenvalue weighted by atomic mass is 35.5. The number of fused-ring (bicyclic) bond motifs is 5. The third kappa shape index (κ3) is 7.04. The van der Waals surface area contributed by atoms with Crippen LogP contribution in [0.1, 0.15) is 51.5 Å². The summed E-state index contributed by atoms with van der Waals surface area (Å²) in [5.74, 6) is 0.424. The van der Waals surface area contributed by atoms with Gasteiger partial charge in [-0.15, -0.1) is 0 Å². The molecule has 4 bridgehead atoms. The van der Waals surface area contributed by atoms with E-state index in [0.29, 0.717) is 35.7 Å². The van der Waals surface area contributed by atoms with E-state index in [4.69, 9.17) is 30.9 Å². The van der Waals surface area contributed by atoms with Gasteiger partial charge in [0.2, 0.25) is 5.91 Å². The number of nitrogens with one attached hydrogen (secondary N) is 1. The average Bonchev–Trinajstić information content (AvgIpc) is 3.49. The van der Waals surface area contributed by atoms with E-state index in [2.05, 4.69) is 5.32 Å². The first-order valence-electron chi connectivity index (χ1n) is 12.3. The van der Waals surface area contributed by atoms with Crippen LogP contribution in [0.15, 0.2) is 35.9 Å². The van der Waals surface area contributed by atoms with Gasteiger partial charge < -0.3 is 29.3 Å². The molecule has 0 spiro atoms. The number of aliphatic hydroxyl groups is 2. The molecule has 2 amide bonds. The number of ether oxygens (including phenoxy) is 3. The Labute approximate surface area is 223 Å². The zero-order valence-electron chi connectivity index (χ0n) is 22.0. The topological polar surface area (TPSA) is 121 Å². The minimum Gasteiger partial charge on any atom is -0.495 e. The first-order chi connectivity index (χ1) is 17.5. The zero-order chi connectivity index (χ0) is 27.4. The summed E-state index contributed by atoms with van der Waals surface area (Å²) in [6, 6.07) is 3.78. The van der Waals surface area contributed by atoms with Crippen molar-refractivity contribution < 1.29 is 34.0 Å². The Kier molecular flexibility index (Phi) is 9.28. The van der Waals surface area contributed by atoms with Gasteiger partial charge in [0.25, 0.3) is 0 Å². The van der Waals surface area contributed by atoms with Crippen molar-refractivity contribution in [3.8, 4) is 5.75 Å². The van der Waals surface area contributed by atoms with Gasteiger partial charge in [0.15, 0.2) is 0 Å². The predicted octanol–water partition coefficient (Wildman–Crippen LogP) is 3.88. The Morgan fingerprint density at radius 3 is 2.70 bits per heavy atom. The fourth-order valence-electron chi connectivity index (χ4n) is 4.82. The second-order valence-corrected chi connectivity index (χ2v) is 10.3. The molecule has 4 atom stereocenters.